The normalized spacial score (nSPS) is 10.9. The maximum absolute atomic E-state index is 12.4. The Hall–Kier alpha value is -2.94. The van der Waals surface area contributed by atoms with Crippen molar-refractivity contribution in [2.75, 3.05) is 27.9 Å². The van der Waals surface area contributed by atoms with Gasteiger partial charge in [-0.05, 0) is 48.9 Å². The first-order valence-electron chi connectivity index (χ1n) is 8.42. The minimum atomic E-state index is -4.00. The van der Waals surface area contributed by atoms with Crippen LogP contribution < -0.4 is 23.7 Å². The van der Waals surface area contributed by atoms with Crippen LogP contribution in [0.25, 0.3) is 0 Å². The van der Waals surface area contributed by atoms with E-state index in [9.17, 15) is 13.2 Å². The Bertz CT molecular complexity index is 899. The van der Waals surface area contributed by atoms with E-state index in [-0.39, 0.29) is 11.3 Å². The third-order valence-corrected chi connectivity index (χ3v) is 5.17. The maximum atomic E-state index is 12.4. The smallest absolute Gasteiger partial charge is 0.264 e. The van der Waals surface area contributed by atoms with Crippen LogP contribution >= 0.6 is 0 Å². The molecule has 0 bridgehead atoms. The highest BCUT2D eigenvalue weighted by atomic mass is 32.2. The molecule has 152 valence electrons. The van der Waals surface area contributed by atoms with Crippen LogP contribution in [-0.2, 0) is 21.2 Å². The molecule has 2 aromatic rings. The molecule has 0 heterocycles. The van der Waals surface area contributed by atoms with Crippen LogP contribution in [0.5, 0.6) is 23.0 Å². The van der Waals surface area contributed by atoms with Crippen molar-refractivity contribution in [3.8, 4) is 23.0 Å². The van der Waals surface area contributed by atoms with Gasteiger partial charge in [-0.15, -0.1) is 0 Å². The Morgan fingerprint density at radius 1 is 0.964 bits per heavy atom. The molecule has 0 saturated carbocycles. The maximum Gasteiger partial charge on any atom is 0.264 e. The van der Waals surface area contributed by atoms with Crippen molar-refractivity contribution in [1.82, 2.24) is 4.72 Å². The lowest BCUT2D eigenvalue weighted by Crippen LogP contribution is -2.31. The van der Waals surface area contributed by atoms with Gasteiger partial charge in [-0.1, -0.05) is 0 Å². The standard InChI is InChI=1S/C19H23NO7S/c1-5-27-14-6-8-15(9-7-14)28(22,23)20-18(21)12-13-10-16(24-2)19(26-4)17(11-13)25-3/h6-11H,5,12H2,1-4H3,(H,20,21). The van der Waals surface area contributed by atoms with Crippen molar-refractivity contribution in [1.29, 1.82) is 0 Å². The Morgan fingerprint density at radius 3 is 2.00 bits per heavy atom. The molecule has 0 aliphatic heterocycles. The second-order valence-electron chi connectivity index (χ2n) is 5.64. The zero-order chi connectivity index (χ0) is 20.7. The van der Waals surface area contributed by atoms with Crippen LogP contribution in [0.1, 0.15) is 12.5 Å². The topological polar surface area (TPSA) is 100 Å². The Kier molecular flexibility index (Phi) is 7.11. The molecule has 1 N–H and O–H groups in total. The largest absolute Gasteiger partial charge is 0.494 e. The molecule has 0 aliphatic carbocycles. The second-order valence-corrected chi connectivity index (χ2v) is 7.33. The Labute approximate surface area is 164 Å². The summed E-state index contributed by atoms with van der Waals surface area (Å²) in [6.45, 7) is 2.30. The van der Waals surface area contributed by atoms with Crippen molar-refractivity contribution in [2.45, 2.75) is 18.2 Å². The summed E-state index contributed by atoms with van der Waals surface area (Å²) in [4.78, 5) is 12.3. The first kappa shape index (κ1) is 21.4. The van der Waals surface area contributed by atoms with Crippen molar-refractivity contribution in [3.63, 3.8) is 0 Å². The third kappa shape index (κ3) is 5.07. The molecule has 0 radical (unpaired) electrons. The number of hydrogen-bond acceptors (Lipinski definition) is 7. The first-order chi connectivity index (χ1) is 13.3. The van der Waals surface area contributed by atoms with E-state index in [1.165, 1.54) is 45.6 Å². The molecule has 1 amide bonds. The van der Waals surface area contributed by atoms with E-state index < -0.39 is 15.9 Å². The summed E-state index contributed by atoms with van der Waals surface area (Å²) < 4.78 is 47.8. The van der Waals surface area contributed by atoms with Gasteiger partial charge in [-0.25, -0.2) is 13.1 Å². The number of carbonyl (C=O) groups is 1. The van der Waals surface area contributed by atoms with Crippen molar-refractivity contribution < 1.29 is 32.2 Å². The minimum Gasteiger partial charge on any atom is -0.494 e. The molecule has 2 aromatic carbocycles. The van der Waals surface area contributed by atoms with Gasteiger partial charge in [-0.2, -0.15) is 0 Å². The molecular weight excluding hydrogens is 386 g/mol. The van der Waals surface area contributed by atoms with Gasteiger partial charge in [0.05, 0.1) is 39.3 Å². The summed E-state index contributed by atoms with van der Waals surface area (Å²) in [5.74, 6) is 0.988. The van der Waals surface area contributed by atoms with E-state index in [4.69, 9.17) is 18.9 Å². The minimum absolute atomic E-state index is 0.0332. The fourth-order valence-electron chi connectivity index (χ4n) is 2.55. The summed E-state index contributed by atoms with van der Waals surface area (Å²) in [6.07, 6.45) is -0.188. The number of hydrogen-bond donors (Lipinski definition) is 1. The fourth-order valence-corrected chi connectivity index (χ4v) is 3.53. The molecular formula is C19H23NO7S. The SMILES string of the molecule is CCOc1ccc(S(=O)(=O)NC(=O)Cc2cc(OC)c(OC)c(OC)c2)cc1. The Morgan fingerprint density at radius 2 is 1.54 bits per heavy atom. The summed E-state index contributed by atoms with van der Waals surface area (Å²) in [7, 11) is 0.382. The highest BCUT2D eigenvalue weighted by Gasteiger charge is 2.20. The lowest BCUT2D eigenvalue weighted by molar-refractivity contribution is -0.118. The summed E-state index contributed by atoms with van der Waals surface area (Å²) in [5, 5.41) is 0. The molecule has 2 rings (SSSR count). The number of ether oxygens (including phenoxy) is 4. The fraction of sp³-hybridized carbons (Fsp3) is 0.316. The van der Waals surface area contributed by atoms with E-state index in [2.05, 4.69) is 4.72 Å². The van der Waals surface area contributed by atoms with E-state index >= 15 is 0 Å². The molecule has 0 atom stereocenters. The zero-order valence-corrected chi connectivity index (χ0v) is 17.0. The number of sulfonamides is 1. The van der Waals surface area contributed by atoms with Crippen LogP contribution in [0.4, 0.5) is 0 Å². The molecule has 0 unspecified atom stereocenters. The number of amides is 1. The van der Waals surface area contributed by atoms with E-state index in [1.807, 2.05) is 6.92 Å². The molecule has 0 spiro atoms. The number of nitrogens with one attached hydrogen (secondary N) is 1. The third-order valence-electron chi connectivity index (χ3n) is 3.78. The monoisotopic (exact) mass is 409 g/mol. The first-order valence-corrected chi connectivity index (χ1v) is 9.90. The molecule has 0 fully saturated rings. The van der Waals surface area contributed by atoms with Crippen LogP contribution in [0.3, 0.4) is 0 Å². The number of carbonyl (C=O) groups excluding carboxylic acids is 1. The van der Waals surface area contributed by atoms with Gasteiger partial charge in [-0.3, -0.25) is 4.79 Å². The van der Waals surface area contributed by atoms with Gasteiger partial charge in [0.1, 0.15) is 5.75 Å². The van der Waals surface area contributed by atoms with E-state index in [0.29, 0.717) is 35.2 Å². The zero-order valence-electron chi connectivity index (χ0n) is 16.1. The van der Waals surface area contributed by atoms with Gasteiger partial charge in [0, 0.05) is 0 Å². The summed E-state index contributed by atoms with van der Waals surface area (Å²) in [5.41, 5.74) is 0.508. The lowest BCUT2D eigenvalue weighted by Gasteiger charge is -2.14. The van der Waals surface area contributed by atoms with Gasteiger partial charge < -0.3 is 18.9 Å². The molecule has 0 saturated heterocycles. The highest BCUT2D eigenvalue weighted by molar-refractivity contribution is 7.90. The summed E-state index contributed by atoms with van der Waals surface area (Å²) in [6, 6.07) is 8.98. The highest BCUT2D eigenvalue weighted by Crippen LogP contribution is 2.38. The van der Waals surface area contributed by atoms with E-state index in [0.717, 1.165) is 0 Å². The van der Waals surface area contributed by atoms with Crippen LogP contribution in [0.15, 0.2) is 41.3 Å². The van der Waals surface area contributed by atoms with Gasteiger partial charge in [0.2, 0.25) is 11.7 Å². The number of rotatable bonds is 9. The second kappa shape index (κ2) is 9.32. The Balaban J connectivity index is 2.16. The lowest BCUT2D eigenvalue weighted by atomic mass is 10.1. The molecule has 8 nitrogen and oxygen atoms in total. The quantitative estimate of drug-likeness (QED) is 0.677. The average molecular weight is 409 g/mol. The van der Waals surface area contributed by atoms with Crippen molar-refractivity contribution in [3.05, 3.63) is 42.0 Å². The predicted molar refractivity (Wildman–Crippen MR) is 103 cm³/mol. The summed E-state index contributed by atoms with van der Waals surface area (Å²) >= 11 is 0. The van der Waals surface area contributed by atoms with Crippen LogP contribution in [-0.4, -0.2) is 42.3 Å². The number of benzene rings is 2. The van der Waals surface area contributed by atoms with Crippen molar-refractivity contribution >= 4 is 15.9 Å². The molecule has 0 aromatic heterocycles. The molecule has 9 heteroatoms. The molecule has 28 heavy (non-hydrogen) atoms. The number of methoxy groups -OCH3 is 3. The van der Waals surface area contributed by atoms with Gasteiger partial charge in [0.15, 0.2) is 11.5 Å². The predicted octanol–water partition coefficient (Wildman–Crippen LogP) is 2.16. The van der Waals surface area contributed by atoms with Crippen LogP contribution in [0.2, 0.25) is 0 Å². The average Bonchev–Trinajstić information content (AvgIpc) is 2.67. The van der Waals surface area contributed by atoms with Gasteiger partial charge >= 0.3 is 0 Å². The van der Waals surface area contributed by atoms with Crippen molar-refractivity contribution in [2.24, 2.45) is 0 Å². The van der Waals surface area contributed by atoms with Gasteiger partial charge in [0.25, 0.3) is 10.0 Å². The van der Waals surface area contributed by atoms with E-state index in [1.54, 1.807) is 12.1 Å². The van der Waals surface area contributed by atoms with Crippen LogP contribution in [0, 0.1) is 0 Å². The molecule has 0 aliphatic rings.